The second-order valence-electron chi connectivity index (χ2n) is 5.91. The van der Waals surface area contributed by atoms with Crippen molar-refractivity contribution < 1.29 is 18.3 Å². The van der Waals surface area contributed by atoms with Crippen LogP contribution in [0.1, 0.15) is 22.8 Å². The second-order valence-corrected chi connectivity index (χ2v) is 5.91. The van der Waals surface area contributed by atoms with Gasteiger partial charge in [-0.2, -0.15) is 8.78 Å². The molecule has 1 fully saturated rings. The van der Waals surface area contributed by atoms with Crippen LogP contribution in [0.5, 0.6) is 5.75 Å². The fourth-order valence-electron chi connectivity index (χ4n) is 2.87. The van der Waals surface area contributed by atoms with Gasteiger partial charge in [0, 0.05) is 32.0 Å². The van der Waals surface area contributed by atoms with Crippen LogP contribution in [0.25, 0.3) is 0 Å². The number of rotatable bonds is 5. The van der Waals surface area contributed by atoms with Crippen LogP contribution in [0.4, 0.5) is 8.78 Å². The van der Waals surface area contributed by atoms with Crippen LogP contribution in [-0.4, -0.2) is 36.2 Å². The number of hydrogen-bond acceptors (Lipinski definition) is 4. The SMILES string of the molecule is Cc1cncc(CN2CCOC(c3ccc(OC(F)F)cc3)C2)c1. The Bertz CT molecular complexity index is 664. The number of alkyl halides is 2. The average Bonchev–Trinajstić information content (AvgIpc) is 2.55. The van der Waals surface area contributed by atoms with E-state index in [4.69, 9.17) is 4.74 Å². The van der Waals surface area contributed by atoms with Crippen LogP contribution < -0.4 is 4.74 Å². The molecule has 1 aliphatic heterocycles. The smallest absolute Gasteiger partial charge is 0.387 e. The van der Waals surface area contributed by atoms with E-state index < -0.39 is 6.61 Å². The lowest BCUT2D eigenvalue weighted by Gasteiger charge is -2.33. The van der Waals surface area contributed by atoms with Crippen LogP contribution in [0, 0.1) is 6.92 Å². The summed E-state index contributed by atoms with van der Waals surface area (Å²) in [4.78, 5) is 6.54. The number of morpholine rings is 1. The predicted molar refractivity (Wildman–Crippen MR) is 86.0 cm³/mol. The zero-order valence-corrected chi connectivity index (χ0v) is 13.5. The van der Waals surface area contributed by atoms with Crippen molar-refractivity contribution in [3.05, 3.63) is 59.4 Å². The summed E-state index contributed by atoms with van der Waals surface area (Å²) in [6, 6.07) is 8.79. The van der Waals surface area contributed by atoms with Crippen LogP contribution in [0.2, 0.25) is 0 Å². The largest absolute Gasteiger partial charge is 0.435 e. The summed E-state index contributed by atoms with van der Waals surface area (Å²) in [7, 11) is 0. The quantitative estimate of drug-likeness (QED) is 0.837. The molecule has 0 N–H and O–H groups in total. The van der Waals surface area contributed by atoms with Crippen molar-refractivity contribution in [1.29, 1.82) is 0 Å². The number of pyridine rings is 1. The molecule has 0 radical (unpaired) electrons. The third-order valence-electron chi connectivity index (χ3n) is 3.97. The number of aromatic nitrogens is 1. The molecule has 2 heterocycles. The number of halogens is 2. The number of ether oxygens (including phenoxy) is 2. The summed E-state index contributed by atoms with van der Waals surface area (Å²) in [5, 5.41) is 0. The van der Waals surface area contributed by atoms with E-state index >= 15 is 0 Å². The minimum absolute atomic E-state index is 0.0721. The molecular formula is C18H20F2N2O2. The first-order chi connectivity index (χ1) is 11.6. The Balaban J connectivity index is 1.62. The fraction of sp³-hybridized carbons (Fsp3) is 0.389. The third-order valence-corrected chi connectivity index (χ3v) is 3.97. The second kappa shape index (κ2) is 7.68. The molecule has 3 rings (SSSR count). The Kier molecular flexibility index (Phi) is 5.37. The van der Waals surface area contributed by atoms with E-state index in [9.17, 15) is 8.78 Å². The lowest BCUT2D eigenvalue weighted by Crippen LogP contribution is -2.37. The Morgan fingerprint density at radius 1 is 1.29 bits per heavy atom. The van der Waals surface area contributed by atoms with Gasteiger partial charge < -0.3 is 9.47 Å². The first kappa shape index (κ1) is 16.8. The Hall–Kier alpha value is -2.05. The van der Waals surface area contributed by atoms with Gasteiger partial charge in [-0.25, -0.2) is 0 Å². The molecule has 1 aromatic heterocycles. The van der Waals surface area contributed by atoms with Crippen LogP contribution in [0.15, 0.2) is 42.7 Å². The highest BCUT2D eigenvalue weighted by molar-refractivity contribution is 5.29. The number of nitrogens with zero attached hydrogens (tertiary/aromatic N) is 2. The first-order valence-corrected chi connectivity index (χ1v) is 7.89. The minimum atomic E-state index is -2.81. The van der Waals surface area contributed by atoms with Gasteiger partial charge in [0.25, 0.3) is 0 Å². The standard InChI is InChI=1S/C18H20F2N2O2/c1-13-8-14(10-21-9-13)11-22-6-7-23-17(12-22)15-2-4-16(5-3-15)24-18(19)20/h2-5,8-10,17-18H,6-7,11-12H2,1H3. The Morgan fingerprint density at radius 3 is 2.79 bits per heavy atom. The lowest BCUT2D eigenvalue weighted by molar-refractivity contribution is -0.0500. The van der Waals surface area contributed by atoms with E-state index in [1.807, 2.05) is 19.3 Å². The molecule has 0 aliphatic carbocycles. The Labute approximate surface area is 140 Å². The molecule has 6 heteroatoms. The van der Waals surface area contributed by atoms with Crippen molar-refractivity contribution in [1.82, 2.24) is 9.88 Å². The molecule has 128 valence electrons. The van der Waals surface area contributed by atoms with Crippen LogP contribution in [-0.2, 0) is 11.3 Å². The van der Waals surface area contributed by atoms with Crippen molar-refractivity contribution in [3.63, 3.8) is 0 Å². The molecular weight excluding hydrogens is 314 g/mol. The summed E-state index contributed by atoms with van der Waals surface area (Å²) in [6.45, 7) is 2.29. The van der Waals surface area contributed by atoms with E-state index in [1.165, 1.54) is 5.56 Å². The molecule has 1 saturated heterocycles. The maximum Gasteiger partial charge on any atom is 0.387 e. The minimum Gasteiger partial charge on any atom is -0.435 e. The van der Waals surface area contributed by atoms with Crippen LogP contribution >= 0.6 is 0 Å². The van der Waals surface area contributed by atoms with Gasteiger partial charge in [-0.05, 0) is 35.7 Å². The molecule has 0 bridgehead atoms. The average molecular weight is 334 g/mol. The van der Waals surface area contributed by atoms with Crippen molar-refractivity contribution in [2.24, 2.45) is 0 Å². The van der Waals surface area contributed by atoms with Gasteiger partial charge in [-0.3, -0.25) is 9.88 Å². The van der Waals surface area contributed by atoms with Gasteiger partial charge in [0.1, 0.15) is 5.75 Å². The molecule has 1 aliphatic rings. The zero-order valence-electron chi connectivity index (χ0n) is 13.5. The van der Waals surface area contributed by atoms with E-state index in [0.29, 0.717) is 6.61 Å². The van der Waals surface area contributed by atoms with Gasteiger partial charge in [0.15, 0.2) is 0 Å². The van der Waals surface area contributed by atoms with Crippen molar-refractivity contribution in [2.45, 2.75) is 26.2 Å². The van der Waals surface area contributed by atoms with E-state index in [0.717, 1.165) is 30.8 Å². The number of benzene rings is 1. The molecule has 1 atom stereocenters. The van der Waals surface area contributed by atoms with Gasteiger partial charge in [-0.15, -0.1) is 0 Å². The molecule has 24 heavy (non-hydrogen) atoms. The number of hydrogen-bond donors (Lipinski definition) is 0. The zero-order chi connectivity index (χ0) is 16.9. The van der Waals surface area contributed by atoms with Gasteiger partial charge in [0.05, 0.1) is 12.7 Å². The molecule has 1 aromatic carbocycles. The maximum absolute atomic E-state index is 12.2. The molecule has 4 nitrogen and oxygen atoms in total. The van der Waals surface area contributed by atoms with Gasteiger partial charge >= 0.3 is 6.61 Å². The predicted octanol–water partition coefficient (Wildman–Crippen LogP) is 3.56. The summed E-state index contributed by atoms with van der Waals surface area (Å²) in [6.07, 6.45) is 3.65. The summed E-state index contributed by atoms with van der Waals surface area (Å²) in [5.41, 5.74) is 3.28. The third kappa shape index (κ3) is 4.49. The number of aryl methyl sites for hydroxylation is 1. The van der Waals surface area contributed by atoms with Crippen molar-refractivity contribution in [2.75, 3.05) is 19.7 Å². The van der Waals surface area contributed by atoms with Crippen LogP contribution in [0.3, 0.4) is 0 Å². The molecule has 2 aromatic rings. The highest BCUT2D eigenvalue weighted by atomic mass is 19.3. The molecule has 1 unspecified atom stereocenters. The molecule has 0 amide bonds. The highest BCUT2D eigenvalue weighted by Gasteiger charge is 2.22. The molecule has 0 spiro atoms. The lowest BCUT2D eigenvalue weighted by atomic mass is 10.1. The fourth-order valence-corrected chi connectivity index (χ4v) is 2.87. The molecule has 0 saturated carbocycles. The van der Waals surface area contributed by atoms with E-state index in [-0.39, 0.29) is 11.9 Å². The van der Waals surface area contributed by atoms with Crippen molar-refractivity contribution in [3.8, 4) is 5.75 Å². The summed E-state index contributed by atoms with van der Waals surface area (Å²) >= 11 is 0. The Morgan fingerprint density at radius 2 is 2.08 bits per heavy atom. The first-order valence-electron chi connectivity index (χ1n) is 7.89. The van der Waals surface area contributed by atoms with Gasteiger partial charge in [0.2, 0.25) is 0 Å². The summed E-state index contributed by atoms with van der Waals surface area (Å²) < 4.78 is 34.6. The van der Waals surface area contributed by atoms with Crippen molar-refractivity contribution >= 4 is 0 Å². The topological polar surface area (TPSA) is 34.6 Å². The van der Waals surface area contributed by atoms with E-state index in [2.05, 4.69) is 20.7 Å². The van der Waals surface area contributed by atoms with Gasteiger partial charge in [-0.1, -0.05) is 18.2 Å². The van der Waals surface area contributed by atoms with E-state index in [1.54, 1.807) is 24.3 Å². The normalized spacial score (nSPS) is 18.8. The highest BCUT2D eigenvalue weighted by Crippen LogP contribution is 2.25. The maximum atomic E-state index is 12.2. The monoisotopic (exact) mass is 334 g/mol. The summed E-state index contributed by atoms with van der Waals surface area (Å²) in [5.74, 6) is 0.159.